The first-order valence-corrected chi connectivity index (χ1v) is 8.53. The summed E-state index contributed by atoms with van der Waals surface area (Å²) in [6.45, 7) is 0.0976. The number of carboxylic acid groups (broad SMARTS) is 1. The highest BCUT2D eigenvalue weighted by molar-refractivity contribution is 8.00. The number of hydrogen-bond acceptors (Lipinski definition) is 5. The summed E-state index contributed by atoms with van der Waals surface area (Å²) in [7, 11) is -3.45. The number of sulfone groups is 1. The summed E-state index contributed by atoms with van der Waals surface area (Å²) in [4.78, 5) is 10.8. The minimum Gasteiger partial charge on any atom is -0.478 e. The second-order valence-corrected chi connectivity index (χ2v) is 7.18. The lowest BCUT2D eigenvalue weighted by Crippen LogP contribution is -2.10. The molecule has 1 aromatic rings. The quantitative estimate of drug-likeness (QED) is 0.703. The van der Waals surface area contributed by atoms with E-state index in [4.69, 9.17) is 10.2 Å². The fraction of sp³-hybridized carbons (Fsp3) is 0.417. The summed E-state index contributed by atoms with van der Waals surface area (Å²) in [6, 6.07) is 5.36. The highest BCUT2D eigenvalue weighted by Crippen LogP contribution is 2.15. The van der Waals surface area contributed by atoms with Gasteiger partial charge >= 0.3 is 5.97 Å². The summed E-state index contributed by atoms with van der Waals surface area (Å²) >= 11 is 1.45. The summed E-state index contributed by atoms with van der Waals surface area (Å²) in [5.74, 6) is -0.0399. The number of carbonyl (C=O) groups is 1. The Morgan fingerprint density at radius 3 is 2.63 bits per heavy atom. The van der Waals surface area contributed by atoms with Crippen LogP contribution in [0.1, 0.15) is 16.8 Å². The third-order valence-corrected chi connectivity index (χ3v) is 5.43. The molecular weight excluding hydrogens is 288 g/mol. The number of aliphatic hydroxyl groups excluding tert-OH is 1. The van der Waals surface area contributed by atoms with Crippen molar-refractivity contribution in [2.24, 2.45) is 0 Å². The lowest BCUT2D eigenvalue weighted by molar-refractivity contribution is 0.0696. The molecule has 0 spiro atoms. The molecule has 0 aliphatic carbocycles. The number of rotatable bonds is 8. The molecule has 7 heteroatoms. The number of aromatic carboxylic acids is 1. The van der Waals surface area contributed by atoms with Crippen LogP contribution in [0, 0.1) is 0 Å². The van der Waals surface area contributed by atoms with Gasteiger partial charge in [0, 0.05) is 12.4 Å². The van der Waals surface area contributed by atoms with Gasteiger partial charge in [-0.1, -0.05) is 6.07 Å². The van der Waals surface area contributed by atoms with Crippen LogP contribution in [0.2, 0.25) is 0 Å². The van der Waals surface area contributed by atoms with E-state index in [9.17, 15) is 13.2 Å². The highest BCUT2D eigenvalue weighted by atomic mass is 32.2. The molecule has 0 saturated carbocycles. The molecule has 0 saturated heterocycles. The molecule has 1 rings (SSSR count). The van der Waals surface area contributed by atoms with Gasteiger partial charge in [-0.2, -0.15) is 11.8 Å². The second kappa shape index (κ2) is 7.52. The first kappa shape index (κ1) is 16.0. The Balaban J connectivity index is 2.66. The number of aliphatic hydroxyl groups is 1. The number of thioether (sulfide) groups is 1. The summed E-state index contributed by atoms with van der Waals surface area (Å²) in [5, 5.41) is 17.4. The van der Waals surface area contributed by atoms with Crippen molar-refractivity contribution < 1.29 is 23.4 Å². The van der Waals surface area contributed by atoms with Gasteiger partial charge in [0.2, 0.25) is 0 Å². The van der Waals surface area contributed by atoms with Crippen LogP contribution in [-0.2, 0) is 9.84 Å². The van der Waals surface area contributed by atoms with E-state index in [1.54, 1.807) is 0 Å². The van der Waals surface area contributed by atoms with Crippen molar-refractivity contribution in [2.45, 2.75) is 11.3 Å². The largest absolute Gasteiger partial charge is 0.478 e. The Kier molecular flexibility index (Phi) is 6.33. The van der Waals surface area contributed by atoms with Crippen LogP contribution in [0.4, 0.5) is 0 Å². The van der Waals surface area contributed by atoms with Crippen molar-refractivity contribution in [3.05, 3.63) is 29.8 Å². The van der Waals surface area contributed by atoms with Crippen molar-refractivity contribution in [1.82, 2.24) is 0 Å². The van der Waals surface area contributed by atoms with Crippen LogP contribution in [0.5, 0.6) is 0 Å². The Morgan fingerprint density at radius 1 is 1.26 bits per heavy atom. The average Bonchev–Trinajstić information content (AvgIpc) is 2.38. The van der Waals surface area contributed by atoms with Gasteiger partial charge in [0.25, 0.3) is 0 Å². The summed E-state index contributed by atoms with van der Waals surface area (Å²) in [6.07, 6.45) is 0.638. The molecule has 0 fully saturated rings. The zero-order valence-electron chi connectivity index (χ0n) is 10.3. The lowest BCUT2D eigenvalue weighted by Gasteiger charge is -2.05. The van der Waals surface area contributed by atoms with Crippen LogP contribution in [0.25, 0.3) is 0 Å². The van der Waals surface area contributed by atoms with Gasteiger partial charge in [-0.15, -0.1) is 0 Å². The fourth-order valence-electron chi connectivity index (χ4n) is 1.38. The van der Waals surface area contributed by atoms with E-state index in [2.05, 4.69) is 0 Å². The highest BCUT2D eigenvalue weighted by Gasteiger charge is 2.15. The van der Waals surface area contributed by atoms with E-state index in [0.29, 0.717) is 17.9 Å². The molecule has 0 amide bonds. The number of hydrogen-bond donors (Lipinski definition) is 2. The normalized spacial score (nSPS) is 11.4. The zero-order chi connectivity index (χ0) is 14.3. The molecule has 0 atom stereocenters. The van der Waals surface area contributed by atoms with Crippen molar-refractivity contribution in [3.8, 4) is 0 Å². The maximum absolute atomic E-state index is 12.0. The minimum absolute atomic E-state index is 0.0333. The van der Waals surface area contributed by atoms with E-state index in [0.717, 1.165) is 0 Å². The summed E-state index contributed by atoms with van der Waals surface area (Å²) in [5.41, 5.74) is -0.0333. The first-order valence-electron chi connectivity index (χ1n) is 5.72. The van der Waals surface area contributed by atoms with Gasteiger partial charge in [0.1, 0.15) is 0 Å². The van der Waals surface area contributed by atoms with Gasteiger partial charge in [0.15, 0.2) is 9.84 Å². The monoisotopic (exact) mass is 304 g/mol. The maximum Gasteiger partial charge on any atom is 0.335 e. The molecule has 19 heavy (non-hydrogen) atoms. The molecule has 0 bridgehead atoms. The molecule has 0 aliphatic rings. The molecule has 5 nitrogen and oxygen atoms in total. The van der Waals surface area contributed by atoms with E-state index < -0.39 is 15.8 Å². The minimum atomic E-state index is -3.45. The molecule has 0 aromatic heterocycles. The van der Waals surface area contributed by atoms with Gasteiger partial charge in [0.05, 0.1) is 16.2 Å². The van der Waals surface area contributed by atoms with Gasteiger partial charge in [-0.05, 0) is 30.4 Å². The van der Waals surface area contributed by atoms with Crippen LogP contribution < -0.4 is 0 Å². The van der Waals surface area contributed by atoms with Crippen molar-refractivity contribution in [2.75, 3.05) is 23.9 Å². The zero-order valence-corrected chi connectivity index (χ0v) is 11.9. The average molecular weight is 304 g/mol. The Bertz CT molecular complexity index is 525. The molecule has 0 unspecified atom stereocenters. The Hall–Kier alpha value is -1.05. The SMILES string of the molecule is O=C(O)c1cccc(S(=O)(=O)CCSCCCO)c1. The maximum atomic E-state index is 12.0. The van der Waals surface area contributed by atoms with Crippen molar-refractivity contribution in [1.29, 1.82) is 0 Å². The van der Waals surface area contributed by atoms with E-state index >= 15 is 0 Å². The van der Waals surface area contributed by atoms with Crippen LogP contribution in [0.15, 0.2) is 29.2 Å². The van der Waals surface area contributed by atoms with Crippen molar-refractivity contribution in [3.63, 3.8) is 0 Å². The molecule has 2 N–H and O–H groups in total. The first-order chi connectivity index (χ1) is 8.97. The number of benzene rings is 1. The lowest BCUT2D eigenvalue weighted by atomic mass is 10.2. The van der Waals surface area contributed by atoms with Crippen LogP contribution in [0.3, 0.4) is 0 Å². The van der Waals surface area contributed by atoms with Gasteiger partial charge in [-0.25, -0.2) is 13.2 Å². The van der Waals surface area contributed by atoms with E-state index in [-0.39, 0.29) is 22.8 Å². The Labute approximate surface area is 116 Å². The third-order valence-electron chi connectivity index (χ3n) is 2.38. The molecule has 0 aliphatic heterocycles. The van der Waals surface area contributed by atoms with Crippen LogP contribution in [-0.4, -0.2) is 48.5 Å². The molecular formula is C12H16O5S2. The number of carboxylic acids is 1. The molecule has 0 radical (unpaired) electrons. The van der Waals surface area contributed by atoms with Crippen molar-refractivity contribution >= 4 is 27.6 Å². The van der Waals surface area contributed by atoms with E-state index in [1.165, 1.54) is 36.0 Å². The third kappa shape index (κ3) is 5.22. The molecule has 1 aromatic carbocycles. The standard InChI is InChI=1S/C12H16O5S2/c13-5-2-6-18-7-8-19(16,17)11-4-1-3-10(9-11)12(14)15/h1,3-4,9,13H,2,5-8H2,(H,14,15). The van der Waals surface area contributed by atoms with Gasteiger partial charge < -0.3 is 10.2 Å². The fourth-order valence-corrected chi connectivity index (χ4v) is 4.09. The topological polar surface area (TPSA) is 91.7 Å². The smallest absolute Gasteiger partial charge is 0.335 e. The predicted molar refractivity (Wildman–Crippen MR) is 74.5 cm³/mol. The molecule has 0 heterocycles. The second-order valence-electron chi connectivity index (χ2n) is 3.84. The van der Waals surface area contributed by atoms with E-state index in [1.807, 2.05) is 0 Å². The predicted octanol–water partition coefficient (Wildman–Crippen LogP) is 1.27. The van der Waals surface area contributed by atoms with Crippen LogP contribution >= 0.6 is 11.8 Å². The molecule has 106 valence electrons. The Morgan fingerprint density at radius 2 is 2.00 bits per heavy atom. The van der Waals surface area contributed by atoms with Gasteiger partial charge in [-0.3, -0.25) is 0 Å². The summed E-state index contributed by atoms with van der Waals surface area (Å²) < 4.78 is 24.0.